The van der Waals surface area contributed by atoms with Crippen molar-refractivity contribution in [1.82, 2.24) is 0 Å². The highest BCUT2D eigenvalue weighted by atomic mass is 32.1. The fraction of sp³-hybridized carbons (Fsp3) is 0.385. The van der Waals surface area contributed by atoms with Crippen molar-refractivity contribution in [3.8, 4) is 0 Å². The van der Waals surface area contributed by atoms with E-state index >= 15 is 0 Å². The van der Waals surface area contributed by atoms with E-state index in [9.17, 15) is 4.79 Å². The maximum Gasteiger partial charge on any atom is 0.227 e. The number of hydrogen-bond donors (Lipinski definition) is 2. The topological polar surface area (TPSA) is 55.1 Å². The summed E-state index contributed by atoms with van der Waals surface area (Å²) in [6.45, 7) is 5.80. The van der Waals surface area contributed by atoms with E-state index < -0.39 is 0 Å². The second kappa shape index (κ2) is 5.77. The molecule has 92 valence electrons. The Balaban J connectivity index is 3.03. The smallest absolute Gasteiger partial charge is 0.227 e. The van der Waals surface area contributed by atoms with Crippen LogP contribution in [-0.2, 0) is 4.79 Å². The number of carbonyl (C=O) groups is 1. The third-order valence-electron chi connectivity index (χ3n) is 2.84. The lowest BCUT2D eigenvalue weighted by atomic mass is 10.0. The zero-order valence-corrected chi connectivity index (χ0v) is 11.2. The van der Waals surface area contributed by atoms with Gasteiger partial charge in [0.05, 0.1) is 5.69 Å². The highest BCUT2D eigenvalue weighted by Gasteiger charge is 2.14. The third-order valence-corrected chi connectivity index (χ3v) is 3.04. The molecule has 4 heteroatoms. The van der Waals surface area contributed by atoms with E-state index in [1.165, 1.54) is 0 Å². The lowest BCUT2D eigenvalue weighted by Gasteiger charge is -2.14. The second-order valence-corrected chi connectivity index (χ2v) is 4.60. The molecule has 0 radical (unpaired) electrons. The fourth-order valence-electron chi connectivity index (χ4n) is 1.54. The first kappa shape index (κ1) is 13.6. The number of anilines is 1. The van der Waals surface area contributed by atoms with Crippen LogP contribution in [0.1, 0.15) is 31.4 Å². The van der Waals surface area contributed by atoms with Crippen LogP contribution in [0.4, 0.5) is 5.69 Å². The molecular weight excluding hydrogens is 232 g/mol. The van der Waals surface area contributed by atoms with Crippen LogP contribution in [0, 0.1) is 12.8 Å². The van der Waals surface area contributed by atoms with Gasteiger partial charge in [0.2, 0.25) is 5.91 Å². The monoisotopic (exact) mass is 250 g/mol. The Kier molecular flexibility index (Phi) is 4.63. The maximum atomic E-state index is 11.8. The molecule has 0 heterocycles. The molecule has 0 aliphatic rings. The number of benzene rings is 1. The van der Waals surface area contributed by atoms with Crippen LogP contribution in [-0.4, -0.2) is 10.9 Å². The van der Waals surface area contributed by atoms with E-state index in [-0.39, 0.29) is 11.8 Å². The Morgan fingerprint density at radius 1 is 1.53 bits per heavy atom. The van der Waals surface area contributed by atoms with E-state index in [1.807, 2.05) is 39.0 Å². The molecule has 1 atom stereocenters. The zero-order valence-electron chi connectivity index (χ0n) is 10.4. The molecule has 0 fully saturated rings. The molecule has 0 spiro atoms. The average molecular weight is 250 g/mol. The summed E-state index contributed by atoms with van der Waals surface area (Å²) in [7, 11) is 0. The summed E-state index contributed by atoms with van der Waals surface area (Å²) in [6.07, 6.45) is 0.806. The number of carbonyl (C=O) groups excluding carboxylic acids is 1. The molecule has 1 aromatic carbocycles. The van der Waals surface area contributed by atoms with E-state index in [2.05, 4.69) is 5.32 Å². The SMILES string of the molecule is CCC(C)C(=O)Nc1cccc(C)c1C(N)=S. The van der Waals surface area contributed by atoms with Gasteiger partial charge in [0.15, 0.2) is 0 Å². The largest absolute Gasteiger partial charge is 0.389 e. The molecule has 0 aromatic heterocycles. The highest BCUT2D eigenvalue weighted by Crippen LogP contribution is 2.20. The second-order valence-electron chi connectivity index (χ2n) is 4.16. The van der Waals surface area contributed by atoms with Crippen LogP contribution in [0.25, 0.3) is 0 Å². The molecule has 0 aliphatic carbocycles. The van der Waals surface area contributed by atoms with E-state index in [1.54, 1.807) is 0 Å². The third kappa shape index (κ3) is 3.27. The minimum absolute atomic E-state index is 0.00407. The first-order valence-corrected chi connectivity index (χ1v) is 6.08. The van der Waals surface area contributed by atoms with Gasteiger partial charge >= 0.3 is 0 Å². The number of nitrogens with two attached hydrogens (primary N) is 1. The van der Waals surface area contributed by atoms with Crippen LogP contribution < -0.4 is 11.1 Å². The summed E-state index contributed by atoms with van der Waals surface area (Å²) in [5.41, 5.74) is 8.10. The number of thiocarbonyl (C=S) groups is 1. The van der Waals surface area contributed by atoms with Gasteiger partial charge in [-0.15, -0.1) is 0 Å². The van der Waals surface area contributed by atoms with Gasteiger partial charge in [-0.1, -0.05) is 38.2 Å². The minimum Gasteiger partial charge on any atom is -0.389 e. The zero-order chi connectivity index (χ0) is 13.0. The summed E-state index contributed by atoms with van der Waals surface area (Å²) in [4.78, 5) is 12.1. The first-order chi connectivity index (χ1) is 7.97. The van der Waals surface area contributed by atoms with Crippen molar-refractivity contribution in [2.24, 2.45) is 11.7 Å². The summed E-state index contributed by atoms with van der Waals surface area (Å²) >= 11 is 5.01. The normalized spacial score (nSPS) is 11.9. The van der Waals surface area contributed by atoms with E-state index in [0.29, 0.717) is 10.7 Å². The van der Waals surface area contributed by atoms with Crippen molar-refractivity contribution in [3.63, 3.8) is 0 Å². The Labute approximate surface area is 107 Å². The Bertz CT molecular complexity index is 443. The number of amides is 1. The van der Waals surface area contributed by atoms with Crippen LogP contribution in [0.3, 0.4) is 0 Å². The maximum absolute atomic E-state index is 11.8. The van der Waals surface area contributed by atoms with Crippen molar-refractivity contribution in [1.29, 1.82) is 0 Å². The molecule has 17 heavy (non-hydrogen) atoms. The molecule has 0 bridgehead atoms. The summed E-state index contributed by atoms with van der Waals surface area (Å²) in [5, 5.41) is 2.88. The van der Waals surface area contributed by atoms with Gasteiger partial charge in [-0.05, 0) is 25.0 Å². The Morgan fingerprint density at radius 2 is 2.18 bits per heavy atom. The van der Waals surface area contributed by atoms with Gasteiger partial charge in [0.1, 0.15) is 4.99 Å². The quantitative estimate of drug-likeness (QED) is 0.808. The molecule has 1 unspecified atom stereocenters. The molecular formula is C13H18N2OS. The molecule has 0 aliphatic heterocycles. The first-order valence-electron chi connectivity index (χ1n) is 5.67. The van der Waals surface area contributed by atoms with Gasteiger partial charge in [-0.3, -0.25) is 4.79 Å². The van der Waals surface area contributed by atoms with Crippen molar-refractivity contribution in [3.05, 3.63) is 29.3 Å². The fourth-order valence-corrected chi connectivity index (χ4v) is 1.81. The van der Waals surface area contributed by atoms with Crippen molar-refractivity contribution < 1.29 is 4.79 Å². The van der Waals surface area contributed by atoms with Crippen molar-refractivity contribution >= 4 is 28.8 Å². The lowest BCUT2D eigenvalue weighted by molar-refractivity contribution is -0.119. The van der Waals surface area contributed by atoms with Crippen LogP contribution in [0.5, 0.6) is 0 Å². The summed E-state index contributed by atoms with van der Waals surface area (Å²) in [5.74, 6) is -0.0229. The number of aryl methyl sites for hydroxylation is 1. The van der Waals surface area contributed by atoms with E-state index in [0.717, 1.165) is 17.5 Å². The number of hydrogen-bond acceptors (Lipinski definition) is 2. The number of rotatable bonds is 4. The molecule has 1 aromatic rings. The van der Waals surface area contributed by atoms with Gasteiger partial charge in [0.25, 0.3) is 0 Å². The Morgan fingerprint density at radius 3 is 2.71 bits per heavy atom. The Hall–Kier alpha value is -1.42. The summed E-state index contributed by atoms with van der Waals surface area (Å²) in [6, 6.07) is 5.62. The van der Waals surface area contributed by atoms with Crippen LogP contribution in [0.15, 0.2) is 18.2 Å². The predicted octanol–water partition coefficient (Wildman–Crippen LogP) is 2.61. The molecule has 0 saturated heterocycles. The van der Waals surface area contributed by atoms with Gasteiger partial charge in [-0.25, -0.2) is 0 Å². The van der Waals surface area contributed by atoms with Crippen LogP contribution >= 0.6 is 12.2 Å². The van der Waals surface area contributed by atoms with Gasteiger partial charge in [0, 0.05) is 11.5 Å². The summed E-state index contributed by atoms with van der Waals surface area (Å²) < 4.78 is 0. The molecule has 1 rings (SSSR count). The highest BCUT2D eigenvalue weighted by molar-refractivity contribution is 7.80. The van der Waals surface area contributed by atoms with Gasteiger partial charge in [-0.2, -0.15) is 0 Å². The average Bonchev–Trinajstić information content (AvgIpc) is 2.27. The lowest BCUT2D eigenvalue weighted by Crippen LogP contribution is -2.23. The van der Waals surface area contributed by atoms with Crippen molar-refractivity contribution in [2.75, 3.05) is 5.32 Å². The molecule has 3 nitrogen and oxygen atoms in total. The van der Waals surface area contributed by atoms with Crippen molar-refractivity contribution in [2.45, 2.75) is 27.2 Å². The predicted molar refractivity (Wildman–Crippen MR) is 75.2 cm³/mol. The van der Waals surface area contributed by atoms with Gasteiger partial charge < -0.3 is 11.1 Å². The van der Waals surface area contributed by atoms with Crippen LogP contribution in [0.2, 0.25) is 0 Å². The molecule has 3 N–H and O–H groups in total. The minimum atomic E-state index is -0.0188. The van der Waals surface area contributed by atoms with E-state index in [4.69, 9.17) is 18.0 Å². The standard InChI is InChI=1S/C13H18N2OS/c1-4-8(2)13(16)15-10-7-5-6-9(3)11(10)12(14)17/h5-8H,4H2,1-3H3,(H2,14,17)(H,15,16). The molecule has 1 amide bonds. The molecule has 0 saturated carbocycles. The number of nitrogens with one attached hydrogen (secondary N) is 1.